The molecule has 2 amide bonds. The lowest BCUT2D eigenvalue weighted by molar-refractivity contribution is 0.0736. The van der Waals surface area contributed by atoms with Crippen LogP contribution < -0.4 is 14.8 Å². The minimum absolute atomic E-state index is 0.201. The van der Waals surface area contributed by atoms with E-state index < -0.39 is 0 Å². The molecule has 0 saturated heterocycles. The summed E-state index contributed by atoms with van der Waals surface area (Å²) < 4.78 is 12.2. The molecule has 11 nitrogen and oxygen atoms in total. The predicted molar refractivity (Wildman–Crippen MR) is 137 cm³/mol. The summed E-state index contributed by atoms with van der Waals surface area (Å²) in [4.78, 5) is 41.9. The molecule has 0 aromatic carbocycles. The Hall–Kier alpha value is -4.03. The van der Waals surface area contributed by atoms with Crippen LogP contribution in [0.15, 0.2) is 30.7 Å². The normalized spacial score (nSPS) is 12.4. The van der Waals surface area contributed by atoms with Crippen LogP contribution in [0.1, 0.15) is 37.1 Å². The maximum Gasteiger partial charge on any atom is 0.276 e. The summed E-state index contributed by atoms with van der Waals surface area (Å²) in [5.74, 6) is 0.316. The number of ether oxygens (including phenoxy) is 2. The van der Waals surface area contributed by atoms with Crippen molar-refractivity contribution < 1.29 is 19.1 Å². The van der Waals surface area contributed by atoms with Crippen molar-refractivity contribution in [1.29, 1.82) is 0 Å². The number of hydrogen-bond donors (Lipinski definition) is 1. The van der Waals surface area contributed by atoms with Crippen LogP contribution in [0.25, 0.3) is 11.1 Å². The average molecular weight is 540 g/mol. The molecule has 0 fully saturated rings. The zero-order valence-corrected chi connectivity index (χ0v) is 22.0. The highest BCUT2D eigenvalue weighted by molar-refractivity contribution is 7.16. The van der Waals surface area contributed by atoms with Crippen molar-refractivity contribution in [3.8, 4) is 22.6 Å². The Kier molecular flexibility index (Phi) is 6.52. The number of nitrogens with one attached hydrogen (secondary N) is 1. The van der Waals surface area contributed by atoms with Gasteiger partial charge in [0, 0.05) is 30.1 Å². The van der Waals surface area contributed by atoms with E-state index in [1.165, 1.54) is 48.8 Å². The third-order valence-electron chi connectivity index (χ3n) is 5.92. The molecule has 37 heavy (non-hydrogen) atoms. The van der Waals surface area contributed by atoms with Crippen molar-refractivity contribution in [1.82, 2.24) is 29.6 Å². The molecule has 0 atom stereocenters. The van der Waals surface area contributed by atoms with E-state index in [0.717, 1.165) is 16.3 Å². The third kappa shape index (κ3) is 4.60. The molecular weight excluding hydrogens is 518 g/mol. The molecule has 1 N–H and O–H groups in total. The number of fused-ring (bicyclic) bond motifs is 1. The van der Waals surface area contributed by atoms with Crippen LogP contribution in [-0.2, 0) is 20.1 Å². The number of thiazole rings is 1. The van der Waals surface area contributed by atoms with Crippen LogP contribution in [-0.4, -0.2) is 55.7 Å². The molecule has 0 bridgehead atoms. The fourth-order valence-corrected chi connectivity index (χ4v) is 5.26. The summed E-state index contributed by atoms with van der Waals surface area (Å²) in [6.45, 7) is 2.53. The molecule has 1 aliphatic rings. The van der Waals surface area contributed by atoms with E-state index in [4.69, 9.17) is 21.1 Å². The van der Waals surface area contributed by atoms with Crippen molar-refractivity contribution in [3.63, 3.8) is 0 Å². The van der Waals surface area contributed by atoms with Crippen molar-refractivity contribution in [2.45, 2.75) is 20.0 Å². The van der Waals surface area contributed by atoms with Gasteiger partial charge in [-0.1, -0.05) is 22.9 Å². The van der Waals surface area contributed by atoms with Gasteiger partial charge in [-0.05, 0) is 19.1 Å². The molecule has 0 unspecified atom stereocenters. The molecule has 1 aliphatic heterocycles. The second kappa shape index (κ2) is 9.79. The van der Waals surface area contributed by atoms with Crippen LogP contribution >= 0.6 is 22.9 Å². The fraction of sp³-hybridized carbons (Fsp3) is 0.250. The van der Waals surface area contributed by atoms with Crippen LogP contribution in [0.4, 0.5) is 5.13 Å². The number of methoxy groups -OCH3 is 2. The van der Waals surface area contributed by atoms with Crippen LogP contribution in [0.3, 0.4) is 0 Å². The van der Waals surface area contributed by atoms with E-state index in [9.17, 15) is 9.59 Å². The molecule has 190 valence electrons. The molecule has 5 rings (SSSR count). The predicted octanol–water partition coefficient (Wildman–Crippen LogP) is 3.72. The van der Waals surface area contributed by atoms with Crippen molar-refractivity contribution in [2.75, 3.05) is 19.5 Å². The first-order chi connectivity index (χ1) is 17.8. The highest BCUT2D eigenvalue weighted by atomic mass is 35.5. The lowest BCUT2D eigenvalue weighted by atomic mass is 10.0. The number of hydrogen-bond acceptors (Lipinski definition) is 9. The Labute approximate surface area is 221 Å². The summed E-state index contributed by atoms with van der Waals surface area (Å²) in [7, 11) is 4.72. The topological polar surface area (TPSA) is 124 Å². The quantitative estimate of drug-likeness (QED) is 0.368. The summed E-state index contributed by atoms with van der Waals surface area (Å²) in [5, 5.41) is 7.68. The Balaban J connectivity index is 1.36. The average Bonchev–Trinajstić information content (AvgIpc) is 3.56. The van der Waals surface area contributed by atoms with Crippen LogP contribution in [0.2, 0.25) is 5.15 Å². The lowest BCUT2D eigenvalue weighted by Crippen LogP contribution is -2.28. The van der Waals surface area contributed by atoms with Gasteiger partial charge in [0.1, 0.15) is 10.9 Å². The Morgan fingerprint density at radius 1 is 1.05 bits per heavy atom. The van der Waals surface area contributed by atoms with E-state index >= 15 is 0 Å². The number of anilines is 1. The Morgan fingerprint density at radius 3 is 2.57 bits per heavy atom. The molecule has 4 aromatic rings. The van der Waals surface area contributed by atoms with Gasteiger partial charge in [0.2, 0.25) is 0 Å². The van der Waals surface area contributed by atoms with Crippen molar-refractivity contribution in [3.05, 3.63) is 63.4 Å². The van der Waals surface area contributed by atoms with Gasteiger partial charge in [0.05, 0.1) is 55.8 Å². The molecule has 0 aliphatic carbocycles. The molecule has 0 saturated carbocycles. The molecule has 0 spiro atoms. The van der Waals surface area contributed by atoms with E-state index in [1.807, 2.05) is 6.92 Å². The third-order valence-corrected chi connectivity index (χ3v) is 7.12. The minimum atomic E-state index is -0.377. The number of nitrogens with zero attached hydrogens (tertiary/aromatic N) is 6. The SMILES string of the molecule is COc1cnc(Cl)cc1-c1cc(C)ncc1C(=O)Nc1nc2c(s1)CN(C(=O)c1c(OC)cnn1C)C2. The molecule has 0 radical (unpaired) electrons. The van der Waals surface area contributed by atoms with E-state index in [0.29, 0.717) is 52.1 Å². The number of pyridine rings is 2. The molecule has 4 aromatic heterocycles. The highest BCUT2D eigenvalue weighted by Crippen LogP contribution is 2.36. The first-order valence-electron chi connectivity index (χ1n) is 11.1. The first kappa shape index (κ1) is 24.7. The maximum absolute atomic E-state index is 13.3. The first-order valence-corrected chi connectivity index (χ1v) is 12.3. The molecule has 5 heterocycles. The van der Waals surface area contributed by atoms with Gasteiger partial charge in [-0.2, -0.15) is 5.10 Å². The number of aryl methyl sites for hydroxylation is 2. The number of carbonyl (C=O) groups excluding carboxylic acids is 2. The van der Waals surface area contributed by atoms with Crippen molar-refractivity contribution in [2.24, 2.45) is 7.05 Å². The van der Waals surface area contributed by atoms with Gasteiger partial charge < -0.3 is 14.4 Å². The monoisotopic (exact) mass is 539 g/mol. The van der Waals surface area contributed by atoms with Crippen LogP contribution in [0.5, 0.6) is 11.5 Å². The summed E-state index contributed by atoms with van der Waals surface area (Å²) in [5.41, 5.74) is 3.40. The Bertz CT molecular complexity index is 1510. The minimum Gasteiger partial charge on any atom is -0.494 e. The standard InChI is InChI=1S/C24H22ClN7O4S/c1-12-5-13(14-6-20(25)27-8-17(14)35-3)15(7-26-12)22(33)30-24-29-16-10-32(11-19(16)37-24)23(34)21-18(36-4)9-28-31(21)2/h5-9H,10-11H2,1-4H3,(H,29,30,33). The largest absolute Gasteiger partial charge is 0.494 e. The summed E-state index contributed by atoms with van der Waals surface area (Å²) >= 11 is 7.45. The summed E-state index contributed by atoms with van der Waals surface area (Å²) in [6.07, 6.45) is 4.53. The van der Waals surface area contributed by atoms with E-state index in [-0.39, 0.29) is 17.0 Å². The number of rotatable bonds is 6. The smallest absolute Gasteiger partial charge is 0.276 e. The van der Waals surface area contributed by atoms with Crippen LogP contribution in [0, 0.1) is 6.92 Å². The van der Waals surface area contributed by atoms with E-state index in [2.05, 4.69) is 25.4 Å². The van der Waals surface area contributed by atoms with Gasteiger partial charge in [0.15, 0.2) is 16.6 Å². The number of aromatic nitrogens is 5. The van der Waals surface area contributed by atoms with Gasteiger partial charge in [-0.15, -0.1) is 0 Å². The summed E-state index contributed by atoms with van der Waals surface area (Å²) in [6, 6.07) is 3.44. The second-order valence-electron chi connectivity index (χ2n) is 8.27. The lowest BCUT2D eigenvalue weighted by Gasteiger charge is -2.16. The zero-order valence-electron chi connectivity index (χ0n) is 20.4. The fourth-order valence-electron chi connectivity index (χ4n) is 4.12. The zero-order chi connectivity index (χ0) is 26.3. The number of amides is 2. The molecule has 13 heteroatoms. The highest BCUT2D eigenvalue weighted by Gasteiger charge is 2.31. The molecular formula is C24H22ClN7O4S. The number of carbonyl (C=O) groups is 2. The van der Waals surface area contributed by atoms with E-state index in [1.54, 1.807) is 24.1 Å². The van der Waals surface area contributed by atoms with Gasteiger partial charge in [-0.25, -0.2) is 9.97 Å². The van der Waals surface area contributed by atoms with Gasteiger partial charge in [0.25, 0.3) is 11.8 Å². The van der Waals surface area contributed by atoms with Crippen molar-refractivity contribution >= 4 is 39.9 Å². The second-order valence-corrected chi connectivity index (χ2v) is 9.74. The maximum atomic E-state index is 13.3. The number of halogens is 1. The van der Waals surface area contributed by atoms with Gasteiger partial charge in [-0.3, -0.25) is 24.6 Å². The van der Waals surface area contributed by atoms with Gasteiger partial charge >= 0.3 is 0 Å². The Morgan fingerprint density at radius 2 is 1.84 bits per heavy atom.